The Morgan fingerprint density at radius 3 is 1.28 bits per heavy atom. The number of hydrogen-bond acceptors (Lipinski definition) is 8. The zero-order valence-corrected chi connectivity index (χ0v) is 8.32. The summed E-state index contributed by atoms with van der Waals surface area (Å²) in [5.41, 5.74) is -5.04. The molecule has 0 bridgehead atoms. The summed E-state index contributed by atoms with van der Waals surface area (Å²) >= 11 is 0. The SMILES string of the molecule is O=C([O-])c1c([N+](=O)[O-])ccc([N+](=O)[O-])c1C(=O)[O-]. The van der Waals surface area contributed by atoms with Gasteiger partial charge < -0.3 is 19.8 Å². The molecule has 10 heteroatoms. The maximum atomic E-state index is 10.7. The molecule has 0 unspecified atom stereocenters. The number of benzene rings is 1. The first-order valence-corrected chi connectivity index (χ1v) is 4.15. The van der Waals surface area contributed by atoms with Gasteiger partial charge in [-0.2, -0.15) is 0 Å². The van der Waals surface area contributed by atoms with Crippen LogP contribution in [0.2, 0.25) is 0 Å². The van der Waals surface area contributed by atoms with E-state index in [0.29, 0.717) is 12.1 Å². The number of hydrogen-bond donors (Lipinski definition) is 0. The highest BCUT2D eigenvalue weighted by atomic mass is 16.6. The zero-order chi connectivity index (χ0) is 14.0. The molecule has 0 aromatic heterocycles. The second kappa shape index (κ2) is 4.45. The Morgan fingerprint density at radius 1 is 0.833 bits per heavy atom. The van der Waals surface area contributed by atoms with E-state index in [1.807, 2.05) is 0 Å². The molecule has 1 rings (SSSR count). The van der Waals surface area contributed by atoms with Crippen molar-refractivity contribution in [2.75, 3.05) is 0 Å². The third-order valence-electron chi connectivity index (χ3n) is 1.96. The highest BCUT2D eigenvalue weighted by Crippen LogP contribution is 2.29. The van der Waals surface area contributed by atoms with Gasteiger partial charge in [0.2, 0.25) is 0 Å². The van der Waals surface area contributed by atoms with E-state index in [1.165, 1.54) is 0 Å². The molecule has 1 aromatic carbocycles. The second-order valence-corrected chi connectivity index (χ2v) is 2.94. The summed E-state index contributed by atoms with van der Waals surface area (Å²) in [7, 11) is 0. The molecule has 0 heterocycles. The van der Waals surface area contributed by atoms with E-state index in [-0.39, 0.29) is 0 Å². The van der Waals surface area contributed by atoms with Crippen LogP contribution in [0.1, 0.15) is 20.7 Å². The second-order valence-electron chi connectivity index (χ2n) is 2.94. The molecule has 0 saturated carbocycles. The molecule has 0 radical (unpaired) electrons. The van der Waals surface area contributed by atoms with E-state index in [9.17, 15) is 40.0 Å². The van der Waals surface area contributed by atoms with E-state index in [2.05, 4.69) is 0 Å². The van der Waals surface area contributed by atoms with Gasteiger partial charge in [0.05, 0.1) is 32.9 Å². The van der Waals surface area contributed by atoms with Crippen molar-refractivity contribution in [3.05, 3.63) is 43.5 Å². The minimum absolute atomic E-state index is 0.510. The molecule has 0 N–H and O–H groups in total. The maximum absolute atomic E-state index is 10.7. The van der Waals surface area contributed by atoms with Gasteiger partial charge in [0.15, 0.2) is 0 Å². The van der Waals surface area contributed by atoms with Crippen molar-refractivity contribution in [2.45, 2.75) is 0 Å². The fourth-order valence-electron chi connectivity index (χ4n) is 1.30. The van der Waals surface area contributed by atoms with Crippen molar-refractivity contribution in [3.63, 3.8) is 0 Å². The molecule has 18 heavy (non-hydrogen) atoms. The molecule has 0 saturated heterocycles. The Bertz CT molecular complexity index is 528. The van der Waals surface area contributed by atoms with Crippen LogP contribution in [0.5, 0.6) is 0 Å². The van der Waals surface area contributed by atoms with Crippen LogP contribution in [0.4, 0.5) is 11.4 Å². The van der Waals surface area contributed by atoms with Crippen molar-refractivity contribution in [2.24, 2.45) is 0 Å². The number of nitro groups is 2. The highest BCUT2D eigenvalue weighted by molar-refractivity contribution is 6.06. The predicted octanol–water partition coefficient (Wildman–Crippen LogP) is -1.77. The summed E-state index contributed by atoms with van der Waals surface area (Å²) in [4.78, 5) is 40.0. The molecule has 0 aliphatic carbocycles. The lowest BCUT2D eigenvalue weighted by Crippen LogP contribution is -2.31. The number of nitro benzene ring substituents is 2. The summed E-state index contributed by atoms with van der Waals surface area (Å²) in [5, 5.41) is 42.4. The quantitative estimate of drug-likeness (QED) is 0.449. The largest absolute Gasteiger partial charge is 0.545 e. The van der Waals surface area contributed by atoms with Gasteiger partial charge in [-0.05, 0) is 0 Å². The summed E-state index contributed by atoms with van der Waals surface area (Å²) in [6, 6.07) is 1.02. The first-order chi connectivity index (χ1) is 8.27. The Kier molecular flexibility index (Phi) is 3.22. The van der Waals surface area contributed by atoms with Gasteiger partial charge in [-0.3, -0.25) is 20.2 Å². The fraction of sp³-hybridized carbons (Fsp3) is 0. The average molecular weight is 254 g/mol. The van der Waals surface area contributed by atoms with Gasteiger partial charge in [0.25, 0.3) is 11.4 Å². The normalized spacial score (nSPS) is 9.78. The van der Waals surface area contributed by atoms with Gasteiger partial charge in [-0.1, -0.05) is 0 Å². The van der Waals surface area contributed by atoms with Crippen molar-refractivity contribution in [1.82, 2.24) is 0 Å². The molecular weight excluding hydrogens is 252 g/mol. The van der Waals surface area contributed by atoms with Crippen LogP contribution in [0, 0.1) is 20.2 Å². The molecule has 94 valence electrons. The van der Waals surface area contributed by atoms with Crippen LogP contribution in [0.25, 0.3) is 0 Å². The van der Waals surface area contributed by atoms with Crippen molar-refractivity contribution < 1.29 is 29.6 Å². The van der Waals surface area contributed by atoms with E-state index in [1.54, 1.807) is 0 Å². The first kappa shape index (κ1) is 13.0. The lowest BCUT2D eigenvalue weighted by atomic mass is 10.0. The van der Waals surface area contributed by atoms with Crippen LogP contribution in [-0.4, -0.2) is 21.8 Å². The summed E-state index contributed by atoms with van der Waals surface area (Å²) < 4.78 is 0. The van der Waals surface area contributed by atoms with E-state index >= 15 is 0 Å². The van der Waals surface area contributed by atoms with Crippen LogP contribution in [-0.2, 0) is 0 Å². The number of carbonyl (C=O) groups is 2. The average Bonchev–Trinajstić information content (AvgIpc) is 2.26. The topological polar surface area (TPSA) is 167 Å². The molecule has 1 aromatic rings. The van der Waals surface area contributed by atoms with E-state index in [4.69, 9.17) is 0 Å². The molecule has 0 atom stereocenters. The van der Waals surface area contributed by atoms with E-state index in [0.717, 1.165) is 0 Å². The van der Waals surface area contributed by atoms with Crippen molar-refractivity contribution >= 4 is 23.3 Å². The van der Waals surface area contributed by atoms with Gasteiger partial charge in [0, 0.05) is 12.1 Å². The third kappa shape index (κ3) is 2.07. The smallest absolute Gasteiger partial charge is 0.279 e. The number of aromatic carboxylic acids is 2. The number of carboxylic acids is 2. The Balaban J connectivity index is 3.82. The van der Waals surface area contributed by atoms with Crippen LogP contribution < -0.4 is 10.2 Å². The Labute approximate surface area is 97.4 Å². The minimum atomic E-state index is -2.22. The lowest BCUT2D eigenvalue weighted by Gasteiger charge is -2.11. The Morgan fingerprint density at radius 2 is 1.11 bits per heavy atom. The highest BCUT2D eigenvalue weighted by Gasteiger charge is 2.27. The summed E-state index contributed by atoms with van der Waals surface area (Å²) in [5.74, 6) is -4.44. The molecule has 0 spiro atoms. The molecular formula is C8H2N2O8-2. The van der Waals surface area contributed by atoms with Crippen LogP contribution >= 0.6 is 0 Å². The van der Waals surface area contributed by atoms with Crippen LogP contribution in [0.15, 0.2) is 12.1 Å². The number of nitrogens with zero attached hydrogens (tertiary/aromatic N) is 2. The Hall–Kier alpha value is -3.04. The van der Waals surface area contributed by atoms with E-state index < -0.39 is 44.3 Å². The van der Waals surface area contributed by atoms with Gasteiger partial charge >= 0.3 is 0 Å². The van der Waals surface area contributed by atoms with Gasteiger partial charge in [-0.25, -0.2) is 0 Å². The maximum Gasteiger partial charge on any atom is 0.279 e. The molecule has 0 aliphatic rings. The number of carbonyl (C=O) groups excluding carboxylic acids is 2. The minimum Gasteiger partial charge on any atom is -0.545 e. The molecule has 0 fully saturated rings. The molecule has 0 amide bonds. The number of carboxylic acid groups (broad SMARTS) is 2. The van der Waals surface area contributed by atoms with Crippen LogP contribution in [0.3, 0.4) is 0 Å². The zero-order valence-electron chi connectivity index (χ0n) is 8.32. The summed E-state index contributed by atoms with van der Waals surface area (Å²) in [6.45, 7) is 0. The third-order valence-corrected chi connectivity index (χ3v) is 1.96. The standard InChI is InChI=1S/C8H4N2O8/c11-7(12)5-3(9(15)16)1-2-4(10(17)18)6(5)8(13)14/h1-2H,(H,11,12)(H,13,14)/p-2. The molecule has 0 aliphatic heterocycles. The first-order valence-electron chi connectivity index (χ1n) is 4.15. The van der Waals surface area contributed by atoms with Crippen molar-refractivity contribution in [3.8, 4) is 0 Å². The fourth-order valence-corrected chi connectivity index (χ4v) is 1.30. The molecule has 10 nitrogen and oxygen atoms in total. The van der Waals surface area contributed by atoms with Crippen molar-refractivity contribution in [1.29, 1.82) is 0 Å². The number of rotatable bonds is 4. The van der Waals surface area contributed by atoms with Gasteiger partial charge in [-0.15, -0.1) is 0 Å². The lowest BCUT2D eigenvalue weighted by molar-refractivity contribution is -0.390. The predicted molar refractivity (Wildman–Crippen MR) is 48.4 cm³/mol. The summed E-state index contributed by atoms with van der Waals surface area (Å²) in [6.07, 6.45) is 0. The van der Waals surface area contributed by atoms with Gasteiger partial charge in [0.1, 0.15) is 0 Å². The monoisotopic (exact) mass is 254 g/mol.